The standard InChI is InChI=1S/C14H20FNO2S/c1-3-16(10-11(2)14(17)18)8-9-19-13-7-5-4-6-12(13)15/h4-7,11H,3,8-10H2,1-2H3,(H,17,18). The first kappa shape index (κ1) is 16.0. The lowest BCUT2D eigenvalue weighted by Crippen LogP contribution is -2.33. The van der Waals surface area contributed by atoms with Gasteiger partial charge in [-0.05, 0) is 18.7 Å². The van der Waals surface area contributed by atoms with Gasteiger partial charge in [-0.25, -0.2) is 4.39 Å². The number of carboxylic acid groups (broad SMARTS) is 1. The van der Waals surface area contributed by atoms with E-state index in [9.17, 15) is 9.18 Å². The molecule has 19 heavy (non-hydrogen) atoms. The molecular formula is C14H20FNO2S. The number of nitrogens with zero attached hydrogens (tertiary/aromatic N) is 1. The molecule has 0 aliphatic heterocycles. The van der Waals surface area contributed by atoms with Crippen molar-refractivity contribution < 1.29 is 14.3 Å². The predicted molar refractivity (Wildman–Crippen MR) is 76.0 cm³/mol. The number of benzene rings is 1. The van der Waals surface area contributed by atoms with Crippen LogP contribution < -0.4 is 0 Å². The summed E-state index contributed by atoms with van der Waals surface area (Å²) in [5.74, 6) is -0.603. The van der Waals surface area contributed by atoms with Crippen LogP contribution in [-0.4, -0.2) is 41.4 Å². The van der Waals surface area contributed by atoms with Crippen LogP contribution in [0.5, 0.6) is 0 Å². The summed E-state index contributed by atoms with van der Waals surface area (Å²) in [6, 6.07) is 6.70. The molecule has 1 unspecified atom stereocenters. The van der Waals surface area contributed by atoms with E-state index in [0.29, 0.717) is 11.4 Å². The molecule has 1 aromatic carbocycles. The first-order valence-corrected chi connectivity index (χ1v) is 7.35. The van der Waals surface area contributed by atoms with Gasteiger partial charge in [-0.15, -0.1) is 11.8 Å². The van der Waals surface area contributed by atoms with Crippen molar-refractivity contribution in [2.45, 2.75) is 18.7 Å². The van der Waals surface area contributed by atoms with Crippen LogP contribution in [0.3, 0.4) is 0 Å². The van der Waals surface area contributed by atoms with Crippen LogP contribution in [0.15, 0.2) is 29.2 Å². The molecule has 0 spiro atoms. The van der Waals surface area contributed by atoms with Gasteiger partial charge in [0.05, 0.1) is 5.92 Å². The van der Waals surface area contributed by atoms with E-state index in [0.717, 1.165) is 18.8 Å². The Morgan fingerprint density at radius 2 is 2.16 bits per heavy atom. The van der Waals surface area contributed by atoms with Crippen LogP contribution in [-0.2, 0) is 4.79 Å². The molecule has 3 nitrogen and oxygen atoms in total. The summed E-state index contributed by atoms with van der Waals surface area (Å²) in [6.45, 7) is 5.80. The topological polar surface area (TPSA) is 40.5 Å². The van der Waals surface area contributed by atoms with E-state index in [-0.39, 0.29) is 11.7 Å². The fourth-order valence-electron chi connectivity index (χ4n) is 1.69. The summed E-state index contributed by atoms with van der Waals surface area (Å²) in [5.41, 5.74) is 0. The van der Waals surface area contributed by atoms with Crippen LogP contribution in [0, 0.1) is 11.7 Å². The summed E-state index contributed by atoms with van der Waals surface area (Å²) in [5, 5.41) is 8.88. The number of halogens is 1. The lowest BCUT2D eigenvalue weighted by atomic mass is 10.2. The Kier molecular flexibility index (Phi) is 6.87. The van der Waals surface area contributed by atoms with Gasteiger partial charge < -0.3 is 10.0 Å². The fraction of sp³-hybridized carbons (Fsp3) is 0.500. The molecular weight excluding hydrogens is 265 g/mol. The van der Waals surface area contributed by atoms with Crippen molar-refractivity contribution in [1.29, 1.82) is 0 Å². The Morgan fingerprint density at radius 3 is 2.74 bits per heavy atom. The van der Waals surface area contributed by atoms with Gasteiger partial charge >= 0.3 is 5.97 Å². The second-order valence-corrected chi connectivity index (χ2v) is 5.55. The zero-order valence-corrected chi connectivity index (χ0v) is 12.1. The maximum Gasteiger partial charge on any atom is 0.307 e. The van der Waals surface area contributed by atoms with Gasteiger partial charge in [-0.3, -0.25) is 4.79 Å². The zero-order chi connectivity index (χ0) is 14.3. The number of thioether (sulfide) groups is 1. The van der Waals surface area contributed by atoms with E-state index in [1.165, 1.54) is 17.8 Å². The molecule has 1 rings (SSSR count). The van der Waals surface area contributed by atoms with Gasteiger partial charge in [0.1, 0.15) is 5.82 Å². The Bertz CT molecular complexity index is 414. The average molecular weight is 285 g/mol. The third kappa shape index (κ3) is 5.61. The molecule has 1 atom stereocenters. The van der Waals surface area contributed by atoms with Crippen LogP contribution in [0.1, 0.15) is 13.8 Å². The molecule has 0 saturated heterocycles. The van der Waals surface area contributed by atoms with Crippen molar-refractivity contribution in [2.24, 2.45) is 5.92 Å². The number of aliphatic carboxylic acids is 1. The minimum Gasteiger partial charge on any atom is -0.481 e. The van der Waals surface area contributed by atoms with Gasteiger partial charge in [0, 0.05) is 23.7 Å². The van der Waals surface area contributed by atoms with Crippen LogP contribution in [0.2, 0.25) is 0 Å². The summed E-state index contributed by atoms with van der Waals surface area (Å²) in [7, 11) is 0. The van der Waals surface area contributed by atoms with Crippen LogP contribution >= 0.6 is 11.8 Å². The summed E-state index contributed by atoms with van der Waals surface area (Å²) >= 11 is 1.46. The fourth-order valence-corrected chi connectivity index (χ4v) is 2.64. The van der Waals surface area contributed by atoms with Crippen LogP contribution in [0.25, 0.3) is 0 Å². The number of hydrogen-bond donors (Lipinski definition) is 1. The smallest absolute Gasteiger partial charge is 0.307 e. The Morgan fingerprint density at radius 1 is 1.47 bits per heavy atom. The van der Waals surface area contributed by atoms with Gasteiger partial charge in [0.15, 0.2) is 0 Å². The molecule has 0 bridgehead atoms. The van der Waals surface area contributed by atoms with Crippen molar-refractivity contribution in [3.8, 4) is 0 Å². The van der Waals surface area contributed by atoms with Gasteiger partial charge in [-0.2, -0.15) is 0 Å². The van der Waals surface area contributed by atoms with Crippen molar-refractivity contribution in [3.05, 3.63) is 30.1 Å². The molecule has 0 heterocycles. The molecule has 0 radical (unpaired) electrons. The summed E-state index contributed by atoms with van der Waals surface area (Å²) in [6.07, 6.45) is 0. The van der Waals surface area contributed by atoms with Gasteiger partial charge in [-0.1, -0.05) is 26.0 Å². The lowest BCUT2D eigenvalue weighted by Gasteiger charge is -2.22. The number of hydrogen-bond acceptors (Lipinski definition) is 3. The highest BCUT2D eigenvalue weighted by atomic mass is 32.2. The van der Waals surface area contributed by atoms with E-state index < -0.39 is 5.97 Å². The largest absolute Gasteiger partial charge is 0.481 e. The second-order valence-electron chi connectivity index (χ2n) is 4.41. The molecule has 0 aliphatic carbocycles. The van der Waals surface area contributed by atoms with Crippen LogP contribution in [0.4, 0.5) is 4.39 Å². The first-order valence-electron chi connectivity index (χ1n) is 6.37. The highest BCUT2D eigenvalue weighted by Gasteiger charge is 2.14. The Balaban J connectivity index is 2.38. The third-order valence-electron chi connectivity index (χ3n) is 2.90. The highest BCUT2D eigenvalue weighted by molar-refractivity contribution is 7.99. The lowest BCUT2D eigenvalue weighted by molar-refractivity contribution is -0.141. The minimum absolute atomic E-state index is 0.200. The molecule has 5 heteroatoms. The predicted octanol–water partition coefficient (Wildman–Crippen LogP) is 2.96. The molecule has 0 amide bonds. The van der Waals surface area contributed by atoms with E-state index >= 15 is 0 Å². The van der Waals surface area contributed by atoms with Crippen molar-refractivity contribution in [3.63, 3.8) is 0 Å². The summed E-state index contributed by atoms with van der Waals surface area (Å²) < 4.78 is 13.4. The average Bonchev–Trinajstić information content (AvgIpc) is 2.39. The monoisotopic (exact) mass is 285 g/mol. The SMILES string of the molecule is CCN(CCSc1ccccc1F)CC(C)C(=O)O. The van der Waals surface area contributed by atoms with Gasteiger partial charge in [0.25, 0.3) is 0 Å². The number of carboxylic acids is 1. The van der Waals surface area contributed by atoms with Crippen molar-refractivity contribution >= 4 is 17.7 Å². The van der Waals surface area contributed by atoms with E-state index in [1.54, 1.807) is 19.1 Å². The number of rotatable bonds is 8. The summed E-state index contributed by atoms with van der Waals surface area (Å²) in [4.78, 5) is 13.5. The molecule has 0 fully saturated rings. The maximum atomic E-state index is 13.4. The minimum atomic E-state index is -0.778. The second kappa shape index (κ2) is 8.17. The molecule has 106 valence electrons. The van der Waals surface area contributed by atoms with Crippen molar-refractivity contribution in [1.82, 2.24) is 4.90 Å². The van der Waals surface area contributed by atoms with E-state index in [1.807, 2.05) is 13.0 Å². The molecule has 0 aliphatic rings. The maximum absolute atomic E-state index is 13.4. The molecule has 0 aromatic heterocycles. The number of carbonyl (C=O) groups is 1. The Hall–Kier alpha value is -1.07. The van der Waals surface area contributed by atoms with E-state index in [2.05, 4.69) is 4.90 Å². The molecule has 0 saturated carbocycles. The Labute approximate surface area is 117 Å². The zero-order valence-electron chi connectivity index (χ0n) is 11.3. The highest BCUT2D eigenvalue weighted by Crippen LogP contribution is 2.21. The third-order valence-corrected chi connectivity index (χ3v) is 3.93. The van der Waals surface area contributed by atoms with E-state index in [4.69, 9.17) is 5.11 Å². The first-order chi connectivity index (χ1) is 9.04. The quantitative estimate of drug-likeness (QED) is 0.746. The normalized spacial score (nSPS) is 12.6. The van der Waals surface area contributed by atoms with Gasteiger partial charge in [0.2, 0.25) is 0 Å². The molecule has 1 N–H and O–H groups in total. The van der Waals surface area contributed by atoms with Crippen molar-refractivity contribution in [2.75, 3.05) is 25.4 Å². The molecule has 1 aromatic rings.